The molecule has 0 fully saturated rings. The number of rotatable bonds is 2. The van der Waals surface area contributed by atoms with Gasteiger partial charge in [0.25, 0.3) is 0 Å². The second kappa shape index (κ2) is 2.94. The summed E-state index contributed by atoms with van der Waals surface area (Å²) in [5.41, 5.74) is -1.53. The van der Waals surface area contributed by atoms with Crippen LogP contribution in [0.25, 0.3) is 0 Å². The zero-order valence-corrected chi connectivity index (χ0v) is 8.06. The van der Waals surface area contributed by atoms with Gasteiger partial charge in [0.05, 0.1) is 0 Å². The van der Waals surface area contributed by atoms with Crippen LogP contribution in [0.15, 0.2) is 0 Å². The molecule has 1 unspecified atom stereocenters. The van der Waals surface area contributed by atoms with Gasteiger partial charge in [-0.25, -0.2) is 0 Å². The molecule has 0 aromatic carbocycles. The van der Waals surface area contributed by atoms with Crippen LogP contribution in [0.2, 0.25) is 0 Å². The molecule has 0 aliphatic rings. The molecule has 0 saturated carbocycles. The number of carbonyl (C=O) groups excluding carboxylic acids is 1. The molecule has 0 radical (unpaired) electrons. The van der Waals surface area contributed by atoms with Gasteiger partial charge in [0.1, 0.15) is 5.60 Å². The van der Waals surface area contributed by atoms with Crippen LogP contribution >= 0.6 is 0 Å². The summed E-state index contributed by atoms with van der Waals surface area (Å²) in [7, 11) is 0. The molecule has 2 heteroatoms. The van der Waals surface area contributed by atoms with Crippen molar-refractivity contribution in [3.8, 4) is 0 Å². The van der Waals surface area contributed by atoms with Crippen LogP contribution in [0.3, 0.4) is 0 Å². The lowest BCUT2D eigenvalue weighted by atomic mass is 9.72. The minimum absolute atomic E-state index is 0.146. The van der Waals surface area contributed by atoms with Gasteiger partial charge in [-0.3, -0.25) is 4.79 Å². The van der Waals surface area contributed by atoms with E-state index in [1.807, 2.05) is 27.7 Å². The van der Waals surface area contributed by atoms with Gasteiger partial charge in [-0.05, 0) is 18.8 Å². The van der Waals surface area contributed by atoms with Gasteiger partial charge in [-0.1, -0.05) is 27.7 Å². The predicted molar refractivity (Wildman–Crippen MR) is 45.4 cm³/mol. The third-order valence-corrected chi connectivity index (χ3v) is 2.33. The Bertz CT molecular complexity index is 155. The standard InChI is InChI=1S/C9H18O2/c1-6-9(11,7(2)10)8(3,4)5/h11H,6H2,1-5H3. The van der Waals surface area contributed by atoms with Crippen molar-refractivity contribution in [2.45, 2.75) is 46.6 Å². The molecule has 0 aromatic rings. The number of ketones is 1. The van der Waals surface area contributed by atoms with Crippen molar-refractivity contribution in [1.29, 1.82) is 0 Å². The molecule has 1 atom stereocenters. The molecule has 0 heterocycles. The van der Waals surface area contributed by atoms with Gasteiger partial charge in [0.2, 0.25) is 0 Å². The quantitative estimate of drug-likeness (QED) is 0.665. The van der Waals surface area contributed by atoms with E-state index in [1.54, 1.807) is 0 Å². The minimum atomic E-state index is -1.16. The largest absolute Gasteiger partial charge is 0.382 e. The zero-order chi connectivity index (χ0) is 9.28. The fourth-order valence-corrected chi connectivity index (χ4v) is 1.31. The Morgan fingerprint density at radius 3 is 1.73 bits per heavy atom. The van der Waals surface area contributed by atoms with E-state index < -0.39 is 5.60 Å². The highest BCUT2D eigenvalue weighted by Crippen LogP contribution is 2.33. The van der Waals surface area contributed by atoms with Gasteiger partial charge in [0, 0.05) is 0 Å². The van der Waals surface area contributed by atoms with E-state index in [9.17, 15) is 9.90 Å². The van der Waals surface area contributed by atoms with Gasteiger partial charge in [-0.2, -0.15) is 0 Å². The number of hydrogen-bond donors (Lipinski definition) is 1. The first-order chi connectivity index (χ1) is 4.75. The summed E-state index contributed by atoms with van der Waals surface area (Å²) in [6.45, 7) is 8.88. The summed E-state index contributed by atoms with van der Waals surface area (Å²) >= 11 is 0. The molecule has 0 rings (SSSR count). The van der Waals surface area contributed by atoms with E-state index in [2.05, 4.69) is 0 Å². The van der Waals surface area contributed by atoms with Crippen molar-refractivity contribution >= 4 is 5.78 Å². The molecule has 1 N–H and O–H groups in total. The Balaban J connectivity index is 4.75. The maximum absolute atomic E-state index is 11.1. The molecule has 0 bridgehead atoms. The SMILES string of the molecule is CCC(O)(C(C)=O)C(C)(C)C. The van der Waals surface area contributed by atoms with Gasteiger partial charge in [0.15, 0.2) is 5.78 Å². The molecule has 0 amide bonds. The van der Waals surface area contributed by atoms with Crippen LogP contribution in [0, 0.1) is 5.41 Å². The summed E-state index contributed by atoms with van der Waals surface area (Å²) in [6, 6.07) is 0. The molecule has 0 aliphatic carbocycles. The Hall–Kier alpha value is -0.370. The van der Waals surface area contributed by atoms with Crippen LogP contribution in [0.1, 0.15) is 41.0 Å². The monoisotopic (exact) mass is 158 g/mol. The third kappa shape index (κ3) is 1.80. The summed E-state index contributed by atoms with van der Waals surface area (Å²) in [5, 5.41) is 9.88. The van der Waals surface area contributed by atoms with Crippen LogP contribution < -0.4 is 0 Å². The maximum Gasteiger partial charge on any atom is 0.161 e. The lowest BCUT2D eigenvalue weighted by Gasteiger charge is -2.37. The fraction of sp³-hybridized carbons (Fsp3) is 0.889. The summed E-state index contributed by atoms with van der Waals surface area (Å²) in [6.07, 6.45) is 0.478. The zero-order valence-electron chi connectivity index (χ0n) is 8.06. The molecule has 66 valence electrons. The highest BCUT2D eigenvalue weighted by Gasteiger charge is 2.42. The van der Waals surface area contributed by atoms with Crippen molar-refractivity contribution in [2.24, 2.45) is 5.41 Å². The van der Waals surface area contributed by atoms with E-state index >= 15 is 0 Å². The van der Waals surface area contributed by atoms with E-state index in [-0.39, 0.29) is 11.2 Å². The number of aliphatic hydroxyl groups is 1. The molecule has 2 nitrogen and oxygen atoms in total. The highest BCUT2D eigenvalue weighted by molar-refractivity contribution is 5.85. The first-order valence-electron chi connectivity index (χ1n) is 3.99. The third-order valence-electron chi connectivity index (χ3n) is 2.33. The molecular formula is C9H18O2. The predicted octanol–water partition coefficient (Wildman–Crippen LogP) is 1.76. The maximum atomic E-state index is 11.1. The van der Waals surface area contributed by atoms with Crippen LogP contribution in [-0.2, 0) is 4.79 Å². The number of hydrogen-bond acceptors (Lipinski definition) is 2. The average Bonchev–Trinajstić information content (AvgIpc) is 1.83. The topological polar surface area (TPSA) is 37.3 Å². The number of carbonyl (C=O) groups is 1. The lowest BCUT2D eigenvalue weighted by molar-refractivity contribution is -0.147. The molecule has 11 heavy (non-hydrogen) atoms. The Labute approximate surface area is 68.6 Å². The summed E-state index contributed by atoms with van der Waals surface area (Å²) < 4.78 is 0. The molecule has 0 aliphatic heterocycles. The van der Waals surface area contributed by atoms with Gasteiger partial charge < -0.3 is 5.11 Å². The van der Waals surface area contributed by atoms with Crippen molar-refractivity contribution in [3.05, 3.63) is 0 Å². The van der Waals surface area contributed by atoms with Crippen molar-refractivity contribution < 1.29 is 9.90 Å². The van der Waals surface area contributed by atoms with E-state index in [0.717, 1.165) is 0 Å². The normalized spacial score (nSPS) is 17.6. The summed E-state index contributed by atoms with van der Waals surface area (Å²) in [4.78, 5) is 11.1. The van der Waals surface area contributed by atoms with Crippen LogP contribution in [0.5, 0.6) is 0 Å². The number of Topliss-reactive ketones (excluding diaryl/α,β-unsaturated/α-hetero) is 1. The van der Waals surface area contributed by atoms with Crippen LogP contribution in [-0.4, -0.2) is 16.5 Å². The second-order valence-electron chi connectivity index (χ2n) is 4.02. The van der Waals surface area contributed by atoms with Gasteiger partial charge in [-0.15, -0.1) is 0 Å². The van der Waals surface area contributed by atoms with Crippen molar-refractivity contribution in [1.82, 2.24) is 0 Å². The van der Waals surface area contributed by atoms with Crippen molar-refractivity contribution in [3.63, 3.8) is 0 Å². The molecule has 0 spiro atoms. The Morgan fingerprint density at radius 2 is 1.73 bits per heavy atom. The Kier molecular flexibility index (Phi) is 2.84. The Morgan fingerprint density at radius 1 is 1.36 bits per heavy atom. The van der Waals surface area contributed by atoms with Crippen LogP contribution in [0.4, 0.5) is 0 Å². The molecular weight excluding hydrogens is 140 g/mol. The molecule has 0 aromatic heterocycles. The van der Waals surface area contributed by atoms with E-state index in [4.69, 9.17) is 0 Å². The smallest absolute Gasteiger partial charge is 0.161 e. The molecule has 0 saturated heterocycles. The van der Waals surface area contributed by atoms with Gasteiger partial charge >= 0.3 is 0 Å². The fourth-order valence-electron chi connectivity index (χ4n) is 1.31. The lowest BCUT2D eigenvalue weighted by Crippen LogP contribution is -2.48. The second-order valence-corrected chi connectivity index (χ2v) is 4.02. The van der Waals surface area contributed by atoms with E-state index in [0.29, 0.717) is 6.42 Å². The van der Waals surface area contributed by atoms with Crippen molar-refractivity contribution in [2.75, 3.05) is 0 Å². The highest BCUT2D eigenvalue weighted by atomic mass is 16.3. The van der Waals surface area contributed by atoms with E-state index in [1.165, 1.54) is 6.92 Å². The minimum Gasteiger partial charge on any atom is -0.382 e. The average molecular weight is 158 g/mol. The first kappa shape index (κ1) is 10.6. The summed E-state index contributed by atoms with van der Waals surface area (Å²) in [5.74, 6) is -0.146. The first-order valence-corrected chi connectivity index (χ1v) is 3.99.